The molecule has 0 radical (unpaired) electrons. The Bertz CT molecular complexity index is 527. The number of nitrogens with zero attached hydrogens (tertiary/aromatic N) is 1. The smallest absolute Gasteiger partial charge is 0.230 e. The largest absolute Gasteiger partial charge is 0.338 e. The van der Waals surface area contributed by atoms with Gasteiger partial charge in [0.2, 0.25) is 5.91 Å². The van der Waals surface area contributed by atoms with Gasteiger partial charge in [-0.1, -0.05) is 12.1 Å². The molecule has 1 N–H and O–H groups in total. The summed E-state index contributed by atoms with van der Waals surface area (Å²) in [5.74, 6) is -1.62. The fourth-order valence-electron chi connectivity index (χ4n) is 3.32. The van der Waals surface area contributed by atoms with Gasteiger partial charge in [-0.3, -0.25) is 4.79 Å². The Morgan fingerprint density at radius 3 is 2.90 bits per heavy atom. The van der Waals surface area contributed by atoms with Gasteiger partial charge in [0.15, 0.2) is 11.6 Å². The van der Waals surface area contributed by atoms with Crippen molar-refractivity contribution in [3.05, 3.63) is 35.4 Å². The maximum atomic E-state index is 13.7. The van der Waals surface area contributed by atoms with Crippen LogP contribution in [0.1, 0.15) is 24.8 Å². The van der Waals surface area contributed by atoms with Gasteiger partial charge in [-0.05, 0) is 31.9 Å². The molecule has 1 aromatic rings. The van der Waals surface area contributed by atoms with Gasteiger partial charge < -0.3 is 10.2 Å². The molecule has 2 aliphatic heterocycles. The van der Waals surface area contributed by atoms with Gasteiger partial charge in [0, 0.05) is 25.2 Å². The molecule has 1 spiro atoms. The second-order valence-electron chi connectivity index (χ2n) is 5.75. The number of hydrogen-bond donors (Lipinski definition) is 1. The minimum atomic E-state index is -0.857. The second-order valence-corrected chi connectivity index (χ2v) is 5.75. The molecule has 0 unspecified atom stereocenters. The summed E-state index contributed by atoms with van der Waals surface area (Å²) in [5, 5.41) is 3.24. The van der Waals surface area contributed by atoms with E-state index in [-0.39, 0.29) is 23.4 Å². The zero-order valence-electron chi connectivity index (χ0n) is 11.3. The first-order valence-electron chi connectivity index (χ1n) is 7.05. The van der Waals surface area contributed by atoms with Crippen LogP contribution in [0.3, 0.4) is 0 Å². The lowest BCUT2D eigenvalue weighted by Gasteiger charge is -2.39. The van der Waals surface area contributed by atoms with Crippen molar-refractivity contribution >= 4 is 5.91 Å². The van der Waals surface area contributed by atoms with Crippen molar-refractivity contribution in [1.29, 1.82) is 0 Å². The van der Waals surface area contributed by atoms with E-state index in [4.69, 9.17) is 0 Å². The molecule has 2 saturated heterocycles. The molecule has 3 rings (SSSR count). The monoisotopic (exact) mass is 280 g/mol. The number of rotatable bonds is 2. The molecule has 1 aromatic carbocycles. The van der Waals surface area contributed by atoms with Gasteiger partial charge in [-0.2, -0.15) is 0 Å². The van der Waals surface area contributed by atoms with E-state index in [1.807, 2.05) is 0 Å². The van der Waals surface area contributed by atoms with Crippen LogP contribution in [-0.4, -0.2) is 30.4 Å². The summed E-state index contributed by atoms with van der Waals surface area (Å²) in [5.41, 5.74) is -0.0662. The summed E-state index contributed by atoms with van der Waals surface area (Å²) >= 11 is 0. The van der Waals surface area contributed by atoms with Crippen LogP contribution in [0.25, 0.3) is 0 Å². The first-order chi connectivity index (χ1) is 9.62. The zero-order chi connectivity index (χ0) is 14.2. The number of carbonyl (C=O) groups excluding carboxylic acids is 1. The highest BCUT2D eigenvalue weighted by Crippen LogP contribution is 2.37. The molecule has 3 nitrogen and oxygen atoms in total. The second kappa shape index (κ2) is 5.13. The lowest BCUT2D eigenvalue weighted by molar-refractivity contribution is -0.145. The van der Waals surface area contributed by atoms with Crippen molar-refractivity contribution in [1.82, 2.24) is 10.2 Å². The van der Waals surface area contributed by atoms with Gasteiger partial charge in [0.05, 0.1) is 5.41 Å². The summed E-state index contributed by atoms with van der Waals surface area (Å²) in [6, 6.07) is 4.12. The van der Waals surface area contributed by atoms with Crippen LogP contribution in [0, 0.1) is 17.0 Å². The Morgan fingerprint density at radius 1 is 1.30 bits per heavy atom. The van der Waals surface area contributed by atoms with Crippen molar-refractivity contribution in [2.24, 2.45) is 5.41 Å². The highest BCUT2D eigenvalue weighted by Gasteiger charge is 2.45. The Labute approximate surface area is 117 Å². The van der Waals surface area contributed by atoms with Crippen LogP contribution >= 0.6 is 0 Å². The molecule has 5 heteroatoms. The Morgan fingerprint density at radius 2 is 2.15 bits per heavy atom. The average molecular weight is 280 g/mol. The average Bonchev–Trinajstić information content (AvgIpc) is 2.90. The number of piperidine rings is 1. The number of nitrogens with one attached hydrogen (secondary N) is 1. The molecule has 1 atom stereocenters. The summed E-state index contributed by atoms with van der Waals surface area (Å²) in [6.07, 6.45) is 2.65. The number of hydrogen-bond acceptors (Lipinski definition) is 2. The lowest BCUT2D eigenvalue weighted by Crippen LogP contribution is -2.49. The van der Waals surface area contributed by atoms with E-state index < -0.39 is 11.6 Å². The number of likely N-dealkylation sites (tertiary alicyclic amines) is 1. The minimum absolute atomic E-state index is 0.0809. The minimum Gasteiger partial charge on any atom is -0.338 e. The van der Waals surface area contributed by atoms with Crippen LogP contribution < -0.4 is 5.32 Å². The first kappa shape index (κ1) is 13.5. The highest BCUT2D eigenvalue weighted by molar-refractivity contribution is 5.84. The molecule has 0 aromatic heterocycles. The quantitative estimate of drug-likeness (QED) is 0.899. The van der Waals surface area contributed by atoms with E-state index in [1.54, 1.807) is 11.0 Å². The molecular weight excluding hydrogens is 262 g/mol. The fraction of sp³-hybridized carbons (Fsp3) is 0.533. The fourth-order valence-corrected chi connectivity index (χ4v) is 3.32. The lowest BCUT2D eigenvalue weighted by atomic mass is 9.78. The Hall–Kier alpha value is -1.49. The molecule has 2 heterocycles. The van der Waals surface area contributed by atoms with Crippen molar-refractivity contribution in [2.75, 3.05) is 19.6 Å². The van der Waals surface area contributed by atoms with Gasteiger partial charge >= 0.3 is 0 Å². The van der Waals surface area contributed by atoms with E-state index in [2.05, 4.69) is 5.32 Å². The van der Waals surface area contributed by atoms with Gasteiger partial charge in [-0.25, -0.2) is 8.78 Å². The van der Waals surface area contributed by atoms with Crippen LogP contribution in [-0.2, 0) is 11.3 Å². The molecule has 0 saturated carbocycles. The number of halogens is 2. The molecular formula is C15H18F2N2O. The first-order valence-corrected chi connectivity index (χ1v) is 7.05. The number of carbonyl (C=O) groups is 1. The molecule has 2 aliphatic rings. The van der Waals surface area contributed by atoms with Crippen LogP contribution in [0.4, 0.5) is 8.78 Å². The molecule has 1 amide bonds. The van der Waals surface area contributed by atoms with E-state index in [0.29, 0.717) is 13.1 Å². The third-order valence-electron chi connectivity index (χ3n) is 4.46. The van der Waals surface area contributed by atoms with Crippen molar-refractivity contribution in [2.45, 2.75) is 25.8 Å². The maximum Gasteiger partial charge on any atom is 0.230 e. The third-order valence-corrected chi connectivity index (χ3v) is 4.46. The summed E-state index contributed by atoms with van der Waals surface area (Å²) in [4.78, 5) is 14.3. The van der Waals surface area contributed by atoms with Crippen molar-refractivity contribution in [3.8, 4) is 0 Å². The number of amides is 1. The predicted octanol–water partition coefficient (Wildman–Crippen LogP) is 2.07. The van der Waals surface area contributed by atoms with Gasteiger partial charge in [-0.15, -0.1) is 0 Å². The van der Waals surface area contributed by atoms with Crippen LogP contribution in [0.5, 0.6) is 0 Å². The standard InChI is InChI=1S/C15H18F2N2O/c16-12-4-1-3-11(13(12)17)9-19-8-2-5-15(14(19)20)6-7-18-10-15/h1,3-4,18H,2,5-10H2/t15-/m1/s1. The van der Waals surface area contributed by atoms with Crippen molar-refractivity contribution in [3.63, 3.8) is 0 Å². The van der Waals surface area contributed by atoms with Crippen LogP contribution in [0.2, 0.25) is 0 Å². The van der Waals surface area contributed by atoms with E-state index in [0.717, 1.165) is 31.9 Å². The Balaban J connectivity index is 1.80. The van der Waals surface area contributed by atoms with E-state index >= 15 is 0 Å². The topological polar surface area (TPSA) is 32.3 Å². The Kier molecular flexibility index (Phi) is 3.46. The number of benzene rings is 1. The van der Waals surface area contributed by atoms with E-state index in [9.17, 15) is 13.6 Å². The molecule has 0 bridgehead atoms. The SMILES string of the molecule is O=C1N(Cc2cccc(F)c2F)CCC[C@]12CCNC2. The molecule has 0 aliphatic carbocycles. The zero-order valence-corrected chi connectivity index (χ0v) is 11.3. The normalized spacial score (nSPS) is 26.5. The summed E-state index contributed by atoms with van der Waals surface area (Å²) in [6.45, 7) is 2.34. The van der Waals surface area contributed by atoms with Gasteiger partial charge in [0.25, 0.3) is 0 Å². The van der Waals surface area contributed by atoms with Gasteiger partial charge in [0.1, 0.15) is 0 Å². The third kappa shape index (κ3) is 2.20. The highest BCUT2D eigenvalue weighted by atomic mass is 19.2. The van der Waals surface area contributed by atoms with Crippen molar-refractivity contribution < 1.29 is 13.6 Å². The summed E-state index contributed by atoms with van der Waals surface area (Å²) in [7, 11) is 0. The molecule has 20 heavy (non-hydrogen) atoms. The van der Waals surface area contributed by atoms with Crippen LogP contribution in [0.15, 0.2) is 18.2 Å². The van der Waals surface area contributed by atoms with E-state index in [1.165, 1.54) is 6.07 Å². The predicted molar refractivity (Wildman–Crippen MR) is 70.9 cm³/mol. The maximum absolute atomic E-state index is 13.7. The summed E-state index contributed by atoms with van der Waals surface area (Å²) < 4.78 is 27.0. The molecule has 108 valence electrons. The molecule has 2 fully saturated rings.